The predicted molar refractivity (Wildman–Crippen MR) is 104 cm³/mol. The summed E-state index contributed by atoms with van der Waals surface area (Å²) in [6, 6.07) is 10.1. The summed E-state index contributed by atoms with van der Waals surface area (Å²) in [6.45, 7) is 2.02. The third-order valence-corrected chi connectivity index (χ3v) is 7.10. The molecule has 7 nitrogen and oxygen atoms in total. The summed E-state index contributed by atoms with van der Waals surface area (Å²) < 4.78 is 25.9. The van der Waals surface area contributed by atoms with Crippen LogP contribution in [0.3, 0.4) is 0 Å². The van der Waals surface area contributed by atoms with Gasteiger partial charge in [-0.3, -0.25) is 14.9 Å². The first-order valence-corrected chi connectivity index (χ1v) is 10.9. The molecule has 28 heavy (non-hydrogen) atoms. The van der Waals surface area contributed by atoms with Crippen molar-refractivity contribution in [1.29, 1.82) is 0 Å². The van der Waals surface area contributed by atoms with Crippen LogP contribution >= 0.6 is 11.3 Å². The molecule has 0 saturated heterocycles. The van der Waals surface area contributed by atoms with Crippen molar-refractivity contribution in [2.45, 2.75) is 29.6 Å². The Morgan fingerprint density at radius 2 is 1.82 bits per heavy atom. The maximum absolute atomic E-state index is 12.9. The van der Waals surface area contributed by atoms with Crippen molar-refractivity contribution < 1.29 is 18.0 Å². The number of fused-ring (bicyclic) bond motifs is 2. The number of carbonyl (C=O) groups is 2. The molecule has 1 aliphatic heterocycles. The largest absolute Gasteiger partial charge is 0.296 e. The van der Waals surface area contributed by atoms with Gasteiger partial charge in [-0.25, -0.2) is 8.42 Å². The van der Waals surface area contributed by atoms with Crippen LogP contribution in [-0.2, 0) is 16.3 Å². The standard InChI is InChI=1S/C19H15N3O4S2/c1-2-5-16-21-22-19(27-16)20-18(24)11-8-9-13-15(10-11)28(25,26)14-7-4-3-6-12(14)17(13)23/h3-4,6-10H,2,5H2,1H3,(H,20,22,24). The Morgan fingerprint density at radius 3 is 2.61 bits per heavy atom. The highest BCUT2D eigenvalue weighted by atomic mass is 32.2. The Bertz CT molecular complexity index is 1220. The van der Waals surface area contributed by atoms with Crippen molar-refractivity contribution in [3.05, 3.63) is 64.2 Å². The summed E-state index contributed by atoms with van der Waals surface area (Å²) in [6.07, 6.45) is 1.69. The van der Waals surface area contributed by atoms with E-state index in [1.807, 2.05) is 6.92 Å². The molecule has 9 heteroatoms. The molecule has 0 atom stereocenters. The molecule has 1 aromatic heterocycles. The molecule has 0 bridgehead atoms. The van der Waals surface area contributed by atoms with Crippen LogP contribution in [0.25, 0.3) is 0 Å². The van der Waals surface area contributed by atoms with Crippen LogP contribution in [0.15, 0.2) is 52.3 Å². The summed E-state index contributed by atoms with van der Waals surface area (Å²) in [5.74, 6) is -0.885. The van der Waals surface area contributed by atoms with Crippen LogP contribution in [0.5, 0.6) is 0 Å². The number of aromatic nitrogens is 2. The second kappa shape index (κ2) is 6.92. The first-order chi connectivity index (χ1) is 13.4. The lowest BCUT2D eigenvalue weighted by Crippen LogP contribution is -2.21. The number of carbonyl (C=O) groups excluding carboxylic acids is 2. The number of ketones is 1. The number of aryl methyl sites for hydroxylation is 1. The van der Waals surface area contributed by atoms with Gasteiger partial charge in [-0.05, 0) is 36.8 Å². The smallest absolute Gasteiger partial charge is 0.257 e. The third kappa shape index (κ3) is 3.02. The van der Waals surface area contributed by atoms with Gasteiger partial charge in [0.05, 0.1) is 9.79 Å². The minimum absolute atomic E-state index is 0.0432. The van der Waals surface area contributed by atoms with Crippen molar-refractivity contribution in [1.82, 2.24) is 10.2 Å². The Balaban J connectivity index is 1.69. The SMILES string of the molecule is CCCc1nnc(NC(=O)c2ccc3c(c2)S(=O)(=O)c2ccccc2C3=O)s1. The summed E-state index contributed by atoms with van der Waals surface area (Å²) >= 11 is 1.27. The number of sulfone groups is 1. The number of hydrogen-bond donors (Lipinski definition) is 1. The Labute approximate surface area is 165 Å². The van der Waals surface area contributed by atoms with E-state index in [1.165, 1.54) is 41.7 Å². The summed E-state index contributed by atoms with van der Waals surface area (Å²) in [7, 11) is -3.89. The van der Waals surface area contributed by atoms with Gasteiger partial charge in [0.2, 0.25) is 15.0 Å². The fourth-order valence-electron chi connectivity index (χ4n) is 3.01. The van der Waals surface area contributed by atoms with Crippen molar-refractivity contribution in [3.63, 3.8) is 0 Å². The number of rotatable bonds is 4. The quantitative estimate of drug-likeness (QED) is 0.551. The second-order valence-corrected chi connectivity index (χ2v) is 9.19. The topological polar surface area (TPSA) is 106 Å². The van der Waals surface area contributed by atoms with Gasteiger partial charge >= 0.3 is 0 Å². The van der Waals surface area contributed by atoms with Crippen LogP contribution in [0, 0.1) is 0 Å². The van der Waals surface area contributed by atoms with E-state index < -0.39 is 15.7 Å². The van der Waals surface area contributed by atoms with Crippen molar-refractivity contribution in [2.24, 2.45) is 0 Å². The van der Waals surface area contributed by atoms with Crippen LogP contribution in [0.2, 0.25) is 0 Å². The van der Waals surface area contributed by atoms with Gasteiger partial charge in [0.15, 0.2) is 5.78 Å². The molecular weight excluding hydrogens is 398 g/mol. The molecule has 0 aliphatic carbocycles. The molecule has 0 radical (unpaired) electrons. The zero-order valence-electron chi connectivity index (χ0n) is 14.8. The molecule has 0 saturated carbocycles. The van der Waals surface area contributed by atoms with Gasteiger partial charge in [0.25, 0.3) is 5.91 Å². The minimum atomic E-state index is -3.89. The number of benzene rings is 2. The van der Waals surface area contributed by atoms with E-state index in [-0.39, 0.29) is 32.3 Å². The number of nitrogens with one attached hydrogen (secondary N) is 1. The van der Waals surface area contributed by atoms with Crippen molar-refractivity contribution >= 4 is 38.0 Å². The first-order valence-electron chi connectivity index (χ1n) is 8.58. The Morgan fingerprint density at radius 1 is 1.07 bits per heavy atom. The first kappa shape index (κ1) is 18.5. The monoisotopic (exact) mass is 413 g/mol. The maximum atomic E-state index is 12.9. The molecule has 0 fully saturated rings. The highest BCUT2D eigenvalue weighted by molar-refractivity contribution is 7.91. The number of amides is 1. The van der Waals surface area contributed by atoms with E-state index in [1.54, 1.807) is 12.1 Å². The number of nitrogens with zero attached hydrogens (tertiary/aromatic N) is 2. The van der Waals surface area contributed by atoms with E-state index in [9.17, 15) is 18.0 Å². The van der Waals surface area contributed by atoms with Crippen LogP contribution in [0.1, 0.15) is 44.6 Å². The van der Waals surface area contributed by atoms with E-state index in [0.717, 1.165) is 17.8 Å². The van der Waals surface area contributed by atoms with Gasteiger partial charge in [-0.2, -0.15) is 0 Å². The molecule has 2 aromatic carbocycles. The Hall–Kier alpha value is -2.91. The Kier molecular flexibility index (Phi) is 4.56. The number of hydrogen-bond acceptors (Lipinski definition) is 7. The fourth-order valence-corrected chi connectivity index (χ4v) is 5.53. The zero-order valence-corrected chi connectivity index (χ0v) is 16.4. The molecular formula is C19H15N3O4S2. The second-order valence-electron chi connectivity index (χ2n) is 6.24. The average molecular weight is 413 g/mol. The molecule has 3 aromatic rings. The van der Waals surface area contributed by atoms with Crippen LogP contribution in [0.4, 0.5) is 5.13 Å². The van der Waals surface area contributed by atoms with Gasteiger partial charge in [0.1, 0.15) is 5.01 Å². The van der Waals surface area contributed by atoms with E-state index >= 15 is 0 Å². The molecule has 2 heterocycles. The van der Waals surface area contributed by atoms with E-state index in [2.05, 4.69) is 15.5 Å². The lowest BCUT2D eigenvalue weighted by atomic mass is 10.0. The summed E-state index contributed by atoms with van der Waals surface area (Å²) in [5, 5.41) is 11.7. The molecule has 142 valence electrons. The van der Waals surface area contributed by atoms with Gasteiger partial charge in [0, 0.05) is 23.1 Å². The molecule has 0 spiro atoms. The van der Waals surface area contributed by atoms with Crippen molar-refractivity contribution in [3.8, 4) is 0 Å². The van der Waals surface area contributed by atoms with E-state index in [0.29, 0.717) is 5.13 Å². The summed E-state index contributed by atoms with van der Waals surface area (Å²) in [4.78, 5) is 25.0. The van der Waals surface area contributed by atoms with Crippen LogP contribution in [-0.4, -0.2) is 30.3 Å². The van der Waals surface area contributed by atoms with Gasteiger partial charge < -0.3 is 0 Å². The predicted octanol–water partition coefficient (Wildman–Crippen LogP) is 3.12. The molecule has 1 N–H and O–H groups in total. The molecule has 0 unspecified atom stereocenters. The van der Waals surface area contributed by atoms with Gasteiger partial charge in [-0.15, -0.1) is 10.2 Å². The van der Waals surface area contributed by atoms with Gasteiger partial charge in [-0.1, -0.05) is 30.4 Å². The third-order valence-electron chi connectivity index (χ3n) is 4.35. The lowest BCUT2D eigenvalue weighted by molar-refractivity contribution is 0.101. The number of anilines is 1. The molecule has 1 amide bonds. The normalized spacial score (nSPS) is 14.2. The maximum Gasteiger partial charge on any atom is 0.257 e. The highest BCUT2D eigenvalue weighted by Crippen LogP contribution is 2.34. The minimum Gasteiger partial charge on any atom is -0.296 e. The summed E-state index contributed by atoms with van der Waals surface area (Å²) in [5.41, 5.74) is 0.336. The lowest BCUT2D eigenvalue weighted by Gasteiger charge is -2.19. The zero-order chi connectivity index (χ0) is 19.9. The van der Waals surface area contributed by atoms with Crippen LogP contribution < -0.4 is 5.32 Å². The molecule has 4 rings (SSSR count). The highest BCUT2D eigenvalue weighted by Gasteiger charge is 2.35. The van der Waals surface area contributed by atoms with Crippen molar-refractivity contribution in [2.75, 3.05) is 5.32 Å². The fraction of sp³-hybridized carbons (Fsp3) is 0.158. The van der Waals surface area contributed by atoms with E-state index in [4.69, 9.17) is 0 Å². The average Bonchev–Trinajstić information content (AvgIpc) is 3.13. The molecule has 1 aliphatic rings.